The summed E-state index contributed by atoms with van der Waals surface area (Å²) in [5.41, 5.74) is 5.45. The van der Waals surface area contributed by atoms with Crippen LogP contribution in [0.2, 0.25) is 0 Å². The summed E-state index contributed by atoms with van der Waals surface area (Å²) >= 11 is 4.69. The zero-order valence-corrected chi connectivity index (χ0v) is 12.0. The maximum Gasteiger partial charge on any atom is 0.198 e. The third-order valence-electron chi connectivity index (χ3n) is 2.62. The third kappa shape index (κ3) is 3.66. The van der Waals surface area contributed by atoms with Gasteiger partial charge in [-0.05, 0) is 31.2 Å². The van der Waals surface area contributed by atoms with Gasteiger partial charge in [-0.3, -0.25) is 0 Å². The molecule has 0 radical (unpaired) electrons. The lowest BCUT2D eigenvalue weighted by atomic mass is 10.2. The van der Waals surface area contributed by atoms with Crippen LogP contribution in [-0.4, -0.2) is 11.6 Å². The van der Waals surface area contributed by atoms with Crippen LogP contribution in [0.5, 0.6) is 17.2 Å². The van der Waals surface area contributed by atoms with Gasteiger partial charge in [-0.25, -0.2) is 8.78 Å². The molecule has 0 bridgehead atoms. The van der Waals surface area contributed by atoms with Gasteiger partial charge >= 0.3 is 0 Å². The second kappa shape index (κ2) is 6.49. The fourth-order valence-corrected chi connectivity index (χ4v) is 1.83. The van der Waals surface area contributed by atoms with Gasteiger partial charge in [0.05, 0.1) is 6.61 Å². The minimum absolute atomic E-state index is 0.0855. The number of ether oxygens (including phenoxy) is 2. The molecule has 2 rings (SSSR count). The molecule has 0 spiro atoms. The summed E-state index contributed by atoms with van der Waals surface area (Å²) < 4.78 is 38.3. The van der Waals surface area contributed by atoms with Crippen LogP contribution >= 0.6 is 12.2 Å². The highest BCUT2D eigenvalue weighted by Gasteiger charge is 2.15. The molecule has 0 aromatic heterocycles. The largest absolute Gasteiger partial charge is 0.494 e. The molecule has 0 amide bonds. The highest BCUT2D eigenvalue weighted by molar-refractivity contribution is 7.80. The molecule has 2 N–H and O–H groups in total. The smallest absolute Gasteiger partial charge is 0.198 e. The van der Waals surface area contributed by atoms with Crippen LogP contribution in [0.1, 0.15) is 12.5 Å². The van der Waals surface area contributed by atoms with E-state index in [-0.39, 0.29) is 16.3 Å². The number of halogens is 2. The molecule has 3 nitrogen and oxygen atoms in total. The Hall–Kier alpha value is -2.21. The molecule has 0 aliphatic heterocycles. The summed E-state index contributed by atoms with van der Waals surface area (Å²) in [4.78, 5) is -0.0855. The van der Waals surface area contributed by atoms with Crippen molar-refractivity contribution in [1.82, 2.24) is 0 Å². The van der Waals surface area contributed by atoms with Gasteiger partial charge in [0, 0.05) is 11.6 Å². The Morgan fingerprint density at radius 1 is 1.14 bits per heavy atom. The monoisotopic (exact) mass is 309 g/mol. The van der Waals surface area contributed by atoms with Crippen molar-refractivity contribution >= 4 is 17.2 Å². The van der Waals surface area contributed by atoms with Crippen LogP contribution in [0.15, 0.2) is 36.4 Å². The second-order valence-electron chi connectivity index (χ2n) is 4.14. The predicted molar refractivity (Wildman–Crippen MR) is 79.9 cm³/mol. The summed E-state index contributed by atoms with van der Waals surface area (Å²) in [5.74, 6) is -1.44. The number of rotatable bonds is 5. The lowest BCUT2D eigenvalue weighted by molar-refractivity contribution is 0.337. The molecule has 21 heavy (non-hydrogen) atoms. The van der Waals surface area contributed by atoms with E-state index >= 15 is 0 Å². The lowest BCUT2D eigenvalue weighted by Crippen LogP contribution is -2.10. The minimum Gasteiger partial charge on any atom is -0.494 e. The Morgan fingerprint density at radius 3 is 2.33 bits per heavy atom. The third-order valence-corrected chi connectivity index (χ3v) is 2.85. The van der Waals surface area contributed by atoms with E-state index in [1.165, 1.54) is 0 Å². The van der Waals surface area contributed by atoms with Crippen molar-refractivity contribution in [2.45, 2.75) is 6.92 Å². The Morgan fingerprint density at radius 2 is 1.76 bits per heavy atom. The summed E-state index contributed by atoms with van der Waals surface area (Å²) in [6.07, 6.45) is 0. The molecule has 0 heterocycles. The molecule has 0 unspecified atom stereocenters. The van der Waals surface area contributed by atoms with E-state index in [0.29, 0.717) is 12.4 Å². The van der Waals surface area contributed by atoms with E-state index in [9.17, 15) is 8.78 Å². The van der Waals surface area contributed by atoms with Crippen LogP contribution in [0, 0.1) is 11.6 Å². The van der Waals surface area contributed by atoms with Gasteiger partial charge in [-0.2, -0.15) is 0 Å². The highest BCUT2D eigenvalue weighted by Crippen LogP contribution is 2.30. The van der Waals surface area contributed by atoms with Gasteiger partial charge in [0.15, 0.2) is 17.4 Å². The van der Waals surface area contributed by atoms with Gasteiger partial charge in [0.2, 0.25) is 0 Å². The molecule has 0 atom stereocenters. The molecule has 110 valence electrons. The summed E-state index contributed by atoms with van der Waals surface area (Å²) in [5, 5.41) is 0. The van der Waals surface area contributed by atoms with Crippen LogP contribution in [0.25, 0.3) is 0 Å². The van der Waals surface area contributed by atoms with Crippen molar-refractivity contribution in [3.63, 3.8) is 0 Å². The molecular formula is C15H13F2NO2S. The Labute approximate surface area is 126 Å². The lowest BCUT2D eigenvalue weighted by Gasteiger charge is -2.10. The van der Waals surface area contributed by atoms with E-state index < -0.39 is 17.4 Å². The van der Waals surface area contributed by atoms with E-state index in [4.69, 9.17) is 15.2 Å². The van der Waals surface area contributed by atoms with Gasteiger partial charge in [0.25, 0.3) is 0 Å². The quantitative estimate of drug-likeness (QED) is 0.854. The molecule has 2 aromatic rings. The zero-order valence-electron chi connectivity index (χ0n) is 11.2. The fourth-order valence-electron chi connectivity index (χ4n) is 1.71. The van der Waals surface area contributed by atoms with E-state index in [0.717, 1.165) is 12.1 Å². The second-order valence-corrected chi connectivity index (χ2v) is 4.58. The first-order valence-corrected chi connectivity index (χ1v) is 6.61. The fraction of sp³-hybridized carbons (Fsp3) is 0.133. The highest BCUT2D eigenvalue weighted by atomic mass is 32.1. The molecule has 0 saturated carbocycles. The van der Waals surface area contributed by atoms with E-state index in [1.54, 1.807) is 24.3 Å². The van der Waals surface area contributed by atoms with Crippen molar-refractivity contribution in [1.29, 1.82) is 0 Å². The predicted octanol–water partition coefficient (Wildman–Crippen LogP) is 3.79. The molecule has 0 saturated heterocycles. The van der Waals surface area contributed by atoms with Gasteiger partial charge < -0.3 is 15.2 Å². The normalized spacial score (nSPS) is 10.2. The van der Waals surface area contributed by atoms with Crippen molar-refractivity contribution in [2.24, 2.45) is 5.73 Å². The topological polar surface area (TPSA) is 44.5 Å². The average Bonchev–Trinajstić information content (AvgIpc) is 2.43. The van der Waals surface area contributed by atoms with Gasteiger partial charge in [-0.15, -0.1) is 0 Å². The van der Waals surface area contributed by atoms with Crippen LogP contribution in [0.4, 0.5) is 8.78 Å². The summed E-state index contributed by atoms with van der Waals surface area (Å²) in [7, 11) is 0. The molecule has 2 aromatic carbocycles. The summed E-state index contributed by atoms with van der Waals surface area (Å²) in [6, 6.07) is 8.57. The Balaban J connectivity index is 2.31. The van der Waals surface area contributed by atoms with Crippen molar-refractivity contribution in [3.05, 3.63) is 53.6 Å². The maximum atomic E-state index is 13.9. The van der Waals surface area contributed by atoms with Gasteiger partial charge in [-0.1, -0.05) is 18.3 Å². The average molecular weight is 309 g/mol. The molecule has 0 aliphatic rings. The van der Waals surface area contributed by atoms with Crippen LogP contribution < -0.4 is 15.2 Å². The molecular weight excluding hydrogens is 296 g/mol. The molecule has 0 aliphatic carbocycles. The molecule has 6 heteroatoms. The minimum atomic E-state index is -0.875. The van der Waals surface area contributed by atoms with E-state index in [2.05, 4.69) is 12.2 Å². The number of benzene rings is 2. The van der Waals surface area contributed by atoms with Crippen LogP contribution in [-0.2, 0) is 0 Å². The maximum absolute atomic E-state index is 13.9. The standard InChI is InChI=1S/C15H13F2NO2S/c1-2-19-10-4-3-5-11(8-10)20-14-12(16)6-9(15(18)21)7-13(14)17/h3-8H,2H2,1H3,(H2,18,21). The first-order chi connectivity index (χ1) is 10.0. The number of hydrogen-bond donors (Lipinski definition) is 1. The first-order valence-electron chi connectivity index (χ1n) is 6.20. The van der Waals surface area contributed by atoms with Gasteiger partial charge in [0.1, 0.15) is 16.5 Å². The first kappa shape index (κ1) is 15.2. The van der Waals surface area contributed by atoms with Crippen molar-refractivity contribution < 1.29 is 18.3 Å². The Bertz CT molecular complexity index is 653. The van der Waals surface area contributed by atoms with E-state index in [1.807, 2.05) is 6.92 Å². The number of thiocarbonyl (C=S) groups is 1. The Kier molecular flexibility index (Phi) is 4.70. The zero-order chi connectivity index (χ0) is 15.4. The van der Waals surface area contributed by atoms with Crippen LogP contribution in [0.3, 0.4) is 0 Å². The number of hydrogen-bond acceptors (Lipinski definition) is 3. The van der Waals surface area contributed by atoms with Crippen molar-refractivity contribution in [3.8, 4) is 17.2 Å². The molecule has 0 fully saturated rings. The summed E-state index contributed by atoms with van der Waals surface area (Å²) in [6.45, 7) is 2.32. The SMILES string of the molecule is CCOc1cccc(Oc2c(F)cc(C(N)=S)cc2F)c1. The number of nitrogens with two attached hydrogens (primary N) is 1. The van der Waals surface area contributed by atoms with Crippen molar-refractivity contribution in [2.75, 3.05) is 6.61 Å².